The van der Waals surface area contributed by atoms with Gasteiger partial charge in [-0.2, -0.15) is 0 Å². The van der Waals surface area contributed by atoms with Crippen LogP contribution in [-0.2, 0) is 4.74 Å². The quantitative estimate of drug-likeness (QED) is 0.567. The summed E-state index contributed by atoms with van der Waals surface area (Å²) >= 11 is 0. The molecule has 0 aromatic carbocycles. The number of anilines is 2. The summed E-state index contributed by atoms with van der Waals surface area (Å²) in [6.07, 6.45) is 1.08. The maximum atomic E-state index is 8.54. The Morgan fingerprint density at radius 2 is 1.88 bits per heavy atom. The van der Waals surface area contributed by atoms with Crippen LogP contribution in [0.2, 0.25) is 0 Å². The second kappa shape index (κ2) is 8.78. The van der Waals surface area contributed by atoms with Crippen molar-refractivity contribution in [3.05, 3.63) is 18.2 Å². The summed E-state index contributed by atoms with van der Waals surface area (Å²) in [7, 11) is 0. The minimum absolute atomic E-state index is 0.0642. The van der Waals surface area contributed by atoms with Crippen molar-refractivity contribution >= 4 is 11.6 Å². The van der Waals surface area contributed by atoms with Crippen LogP contribution >= 0.6 is 0 Å². The molecule has 0 aliphatic carbocycles. The molecule has 5 nitrogen and oxygen atoms in total. The van der Waals surface area contributed by atoms with Gasteiger partial charge in [-0.15, -0.1) is 0 Å². The predicted molar refractivity (Wildman–Crippen MR) is 69.4 cm³/mol. The monoisotopic (exact) mass is 239 g/mol. The van der Waals surface area contributed by atoms with Crippen LogP contribution in [0.1, 0.15) is 13.3 Å². The second-order valence-corrected chi connectivity index (χ2v) is 3.60. The first-order valence-electron chi connectivity index (χ1n) is 6.00. The molecular formula is C12H21N3O2. The van der Waals surface area contributed by atoms with E-state index in [1.165, 1.54) is 0 Å². The van der Waals surface area contributed by atoms with E-state index in [1.54, 1.807) is 0 Å². The van der Waals surface area contributed by atoms with Crippen LogP contribution in [0, 0.1) is 0 Å². The van der Waals surface area contributed by atoms with E-state index in [2.05, 4.69) is 22.5 Å². The number of nitrogens with zero attached hydrogens (tertiary/aromatic N) is 1. The van der Waals surface area contributed by atoms with Crippen molar-refractivity contribution in [3.8, 4) is 0 Å². The molecule has 0 fully saturated rings. The van der Waals surface area contributed by atoms with E-state index in [1.807, 2.05) is 18.2 Å². The molecule has 1 heterocycles. The van der Waals surface area contributed by atoms with E-state index < -0.39 is 0 Å². The van der Waals surface area contributed by atoms with E-state index in [9.17, 15) is 0 Å². The van der Waals surface area contributed by atoms with Crippen molar-refractivity contribution in [2.24, 2.45) is 0 Å². The fourth-order valence-electron chi connectivity index (χ4n) is 1.30. The standard InChI is InChI=1S/C12H21N3O2/c1-2-6-13-11-4-3-5-12(15-11)14-7-9-17-10-8-16/h3-5,16H,2,6-10H2,1H3,(H2,13,14,15). The van der Waals surface area contributed by atoms with Crippen molar-refractivity contribution < 1.29 is 9.84 Å². The lowest BCUT2D eigenvalue weighted by molar-refractivity contribution is 0.0992. The van der Waals surface area contributed by atoms with Crippen molar-refractivity contribution in [2.75, 3.05) is 43.5 Å². The van der Waals surface area contributed by atoms with E-state index >= 15 is 0 Å². The molecule has 5 heteroatoms. The summed E-state index contributed by atoms with van der Waals surface area (Å²) in [5, 5.41) is 14.9. The van der Waals surface area contributed by atoms with E-state index in [-0.39, 0.29) is 6.61 Å². The number of aliphatic hydroxyl groups excluding tert-OH is 1. The lowest BCUT2D eigenvalue weighted by atomic mass is 10.4. The van der Waals surface area contributed by atoms with Gasteiger partial charge in [0.25, 0.3) is 0 Å². The fraction of sp³-hybridized carbons (Fsp3) is 0.583. The SMILES string of the molecule is CCCNc1cccc(NCCOCCO)n1. The smallest absolute Gasteiger partial charge is 0.128 e. The highest BCUT2D eigenvalue weighted by Crippen LogP contribution is 2.08. The molecule has 1 rings (SSSR count). The molecule has 0 saturated heterocycles. The Balaban J connectivity index is 2.27. The third-order valence-corrected chi connectivity index (χ3v) is 2.09. The molecule has 0 unspecified atom stereocenters. The molecule has 0 radical (unpaired) electrons. The number of ether oxygens (including phenoxy) is 1. The summed E-state index contributed by atoms with van der Waals surface area (Å²) in [6, 6.07) is 5.83. The number of aliphatic hydroxyl groups is 1. The van der Waals surface area contributed by atoms with Gasteiger partial charge < -0.3 is 20.5 Å². The Morgan fingerprint density at radius 1 is 1.18 bits per heavy atom. The number of hydrogen-bond acceptors (Lipinski definition) is 5. The van der Waals surface area contributed by atoms with Crippen LogP contribution in [0.25, 0.3) is 0 Å². The first kappa shape index (κ1) is 13.7. The average Bonchev–Trinajstić information content (AvgIpc) is 2.37. The minimum atomic E-state index is 0.0642. The predicted octanol–water partition coefficient (Wildman–Crippen LogP) is 1.32. The zero-order valence-corrected chi connectivity index (χ0v) is 10.3. The van der Waals surface area contributed by atoms with Crippen LogP contribution in [-0.4, -0.2) is 43.0 Å². The molecule has 0 bridgehead atoms. The van der Waals surface area contributed by atoms with Crippen molar-refractivity contribution in [1.82, 2.24) is 4.98 Å². The largest absolute Gasteiger partial charge is 0.394 e. The van der Waals surface area contributed by atoms with Crippen LogP contribution in [0.4, 0.5) is 11.6 Å². The molecule has 3 N–H and O–H groups in total. The second-order valence-electron chi connectivity index (χ2n) is 3.60. The molecule has 0 aliphatic heterocycles. The molecule has 17 heavy (non-hydrogen) atoms. The summed E-state index contributed by atoms with van der Waals surface area (Å²) in [5.74, 6) is 1.71. The van der Waals surface area contributed by atoms with Gasteiger partial charge in [0.1, 0.15) is 11.6 Å². The first-order valence-corrected chi connectivity index (χ1v) is 6.00. The van der Waals surface area contributed by atoms with Crippen LogP contribution in [0.5, 0.6) is 0 Å². The van der Waals surface area contributed by atoms with Crippen molar-refractivity contribution in [1.29, 1.82) is 0 Å². The normalized spacial score (nSPS) is 10.2. The summed E-state index contributed by atoms with van der Waals surface area (Å²) < 4.78 is 5.14. The van der Waals surface area contributed by atoms with Crippen LogP contribution in [0.15, 0.2) is 18.2 Å². The highest BCUT2D eigenvalue weighted by molar-refractivity contribution is 5.44. The summed E-state index contributed by atoms with van der Waals surface area (Å²) in [5.41, 5.74) is 0. The van der Waals surface area contributed by atoms with E-state index in [0.717, 1.165) is 24.6 Å². The van der Waals surface area contributed by atoms with Gasteiger partial charge in [-0.25, -0.2) is 4.98 Å². The molecular weight excluding hydrogens is 218 g/mol. The van der Waals surface area contributed by atoms with Crippen LogP contribution in [0.3, 0.4) is 0 Å². The van der Waals surface area contributed by atoms with E-state index in [4.69, 9.17) is 9.84 Å². The Bertz CT molecular complexity index is 308. The maximum Gasteiger partial charge on any atom is 0.128 e. The zero-order valence-electron chi connectivity index (χ0n) is 10.3. The number of rotatable bonds is 9. The Labute approximate surface area is 102 Å². The molecule has 96 valence electrons. The van der Waals surface area contributed by atoms with Gasteiger partial charge in [0.2, 0.25) is 0 Å². The third-order valence-electron chi connectivity index (χ3n) is 2.09. The van der Waals surface area contributed by atoms with Crippen molar-refractivity contribution in [3.63, 3.8) is 0 Å². The molecule has 0 amide bonds. The van der Waals surface area contributed by atoms with Gasteiger partial charge in [0, 0.05) is 13.1 Å². The molecule has 0 saturated carbocycles. The maximum absolute atomic E-state index is 8.54. The highest BCUT2D eigenvalue weighted by Gasteiger charge is 1.96. The Hall–Kier alpha value is -1.33. The third kappa shape index (κ3) is 6.09. The number of aromatic nitrogens is 1. The first-order chi connectivity index (χ1) is 8.36. The van der Waals surface area contributed by atoms with Gasteiger partial charge in [0.15, 0.2) is 0 Å². The molecule has 0 atom stereocenters. The minimum Gasteiger partial charge on any atom is -0.394 e. The number of pyridine rings is 1. The van der Waals surface area contributed by atoms with Gasteiger partial charge in [-0.1, -0.05) is 13.0 Å². The fourth-order valence-corrected chi connectivity index (χ4v) is 1.30. The van der Waals surface area contributed by atoms with Crippen molar-refractivity contribution in [2.45, 2.75) is 13.3 Å². The lowest BCUT2D eigenvalue weighted by Crippen LogP contribution is -2.12. The van der Waals surface area contributed by atoms with Gasteiger partial charge >= 0.3 is 0 Å². The average molecular weight is 239 g/mol. The Kier molecular flexibility index (Phi) is 7.09. The molecule has 0 spiro atoms. The lowest BCUT2D eigenvalue weighted by Gasteiger charge is -2.08. The van der Waals surface area contributed by atoms with Gasteiger partial charge in [-0.3, -0.25) is 0 Å². The highest BCUT2D eigenvalue weighted by atomic mass is 16.5. The number of hydrogen-bond donors (Lipinski definition) is 3. The Morgan fingerprint density at radius 3 is 2.53 bits per heavy atom. The summed E-state index contributed by atoms with van der Waals surface area (Å²) in [4.78, 5) is 4.40. The zero-order chi connectivity index (χ0) is 12.3. The van der Waals surface area contributed by atoms with E-state index in [0.29, 0.717) is 19.8 Å². The number of nitrogens with one attached hydrogen (secondary N) is 2. The van der Waals surface area contributed by atoms with Gasteiger partial charge in [-0.05, 0) is 18.6 Å². The molecule has 0 aliphatic rings. The van der Waals surface area contributed by atoms with Crippen LogP contribution < -0.4 is 10.6 Å². The topological polar surface area (TPSA) is 66.4 Å². The molecule has 1 aromatic heterocycles. The molecule has 1 aromatic rings. The summed E-state index contributed by atoms with van der Waals surface area (Å²) in [6.45, 7) is 4.74. The van der Waals surface area contributed by atoms with Gasteiger partial charge in [0.05, 0.1) is 19.8 Å².